The molecule has 0 N–H and O–H groups in total. The molecule has 182 valence electrons. The van der Waals surface area contributed by atoms with Crippen LogP contribution in [0.5, 0.6) is 0 Å². The van der Waals surface area contributed by atoms with E-state index in [1.165, 1.54) is 7.11 Å². The topological polar surface area (TPSA) is 101 Å². The first-order valence-electron chi connectivity index (χ1n) is 11.8. The molecule has 2 heterocycles. The van der Waals surface area contributed by atoms with E-state index in [0.29, 0.717) is 25.9 Å². The number of methoxy groups -OCH3 is 1. The lowest BCUT2D eigenvalue weighted by molar-refractivity contribution is -0.222. The van der Waals surface area contributed by atoms with Gasteiger partial charge >= 0.3 is 11.9 Å². The molecule has 0 unspecified atom stereocenters. The van der Waals surface area contributed by atoms with E-state index in [-0.39, 0.29) is 24.1 Å². The van der Waals surface area contributed by atoms with E-state index >= 15 is 0 Å². The second kappa shape index (κ2) is 8.87. The number of fused-ring (bicyclic) bond motifs is 3. The van der Waals surface area contributed by atoms with Crippen molar-refractivity contribution in [2.75, 3.05) is 13.7 Å². The Labute approximate surface area is 194 Å². The van der Waals surface area contributed by atoms with Crippen LogP contribution in [0.1, 0.15) is 65.0 Å². The van der Waals surface area contributed by atoms with Gasteiger partial charge in [-0.1, -0.05) is 13.8 Å². The molecule has 0 radical (unpaired) electrons. The van der Waals surface area contributed by atoms with Gasteiger partial charge < -0.3 is 23.4 Å². The largest absolute Gasteiger partial charge is 0.472 e. The third-order valence-corrected chi connectivity index (χ3v) is 8.26. The van der Waals surface area contributed by atoms with Crippen molar-refractivity contribution in [1.29, 1.82) is 0 Å². The van der Waals surface area contributed by atoms with Gasteiger partial charge in [-0.3, -0.25) is 14.4 Å². The molecule has 1 saturated heterocycles. The Kier molecular flexibility index (Phi) is 6.44. The Morgan fingerprint density at radius 2 is 2.03 bits per heavy atom. The van der Waals surface area contributed by atoms with E-state index in [4.69, 9.17) is 23.4 Å². The van der Waals surface area contributed by atoms with Crippen LogP contribution in [0, 0.1) is 28.6 Å². The molecular formula is C25H34O8. The van der Waals surface area contributed by atoms with Crippen LogP contribution in [-0.2, 0) is 33.3 Å². The van der Waals surface area contributed by atoms with Gasteiger partial charge in [-0.05, 0) is 56.4 Å². The molecule has 0 aromatic carbocycles. The zero-order valence-electron chi connectivity index (χ0n) is 20.0. The van der Waals surface area contributed by atoms with Crippen LogP contribution < -0.4 is 0 Å². The van der Waals surface area contributed by atoms with E-state index in [2.05, 4.69) is 0 Å². The summed E-state index contributed by atoms with van der Waals surface area (Å²) < 4.78 is 27.7. The number of hydrogen-bond acceptors (Lipinski definition) is 8. The number of ketones is 1. The molecule has 1 aliphatic heterocycles. The first-order valence-corrected chi connectivity index (χ1v) is 11.8. The van der Waals surface area contributed by atoms with Crippen LogP contribution in [0.4, 0.5) is 0 Å². The third-order valence-electron chi connectivity index (χ3n) is 8.26. The summed E-state index contributed by atoms with van der Waals surface area (Å²) >= 11 is 0. The summed E-state index contributed by atoms with van der Waals surface area (Å²) in [6, 6.07) is 1.78. The summed E-state index contributed by atoms with van der Waals surface area (Å²) in [5.41, 5.74) is -0.589. The Hall–Kier alpha value is -2.19. The average molecular weight is 463 g/mol. The van der Waals surface area contributed by atoms with Gasteiger partial charge in [0.2, 0.25) is 0 Å². The van der Waals surface area contributed by atoms with E-state index in [1.54, 1.807) is 25.5 Å². The van der Waals surface area contributed by atoms with Crippen molar-refractivity contribution in [2.45, 2.75) is 71.9 Å². The fourth-order valence-corrected chi connectivity index (χ4v) is 6.78. The van der Waals surface area contributed by atoms with E-state index < -0.39 is 47.1 Å². The number of hydrogen-bond donors (Lipinski definition) is 0. The standard InChI is InChI=1S/C25H34O8/c1-6-31-14(2)32-18-11-17(22(27)29-5)24(3)9-7-16-23(28)33-19(15-8-10-30-13-15)12-25(16,4)21(24)20(18)26/h8,10,13-14,16-19,21H,6-7,9,11-12H2,1-5H3/t14-,16-,17-,18-,19-,21-,24-,25-/m0/s1. The number of ether oxygens (including phenoxy) is 4. The summed E-state index contributed by atoms with van der Waals surface area (Å²) in [5, 5.41) is 0. The van der Waals surface area contributed by atoms with E-state index in [9.17, 15) is 14.4 Å². The third kappa shape index (κ3) is 3.91. The Morgan fingerprint density at radius 1 is 1.27 bits per heavy atom. The summed E-state index contributed by atoms with van der Waals surface area (Å²) in [5.74, 6) is -2.24. The predicted octanol–water partition coefficient (Wildman–Crippen LogP) is 3.84. The number of rotatable bonds is 6. The van der Waals surface area contributed by atoms with Gasteiger partial charge in [0.1, 0.15) is 12.2 Å². The van der Waals surface area contributed by atoms with Crippen molar-refractivity contribution >= 4 is 17.7 Å². The predicted molar refractivity (Wildman–Crippen MR) is 116 cm³/mol. The van der Waals surface area contributed by atoms with Gasteiger partial charge in [0.05, 0.1) is 31.5 Å². The van der Waals surface area contributed by atoms with Crippen molar-refractivity contribution in [3.05, 3.63) is 24.2 Å². The van der Waals surface area contributed by atoms with Crippen molar-refractivity contribution in [1.82, 2.24) is 0 Å². The summed E-state index contributed by atoms with van der Waals surface area (Å²) in [6.45, 7) is 8.03. The molecule has 0 amide bonds. The lowest BCUT2D eigenvalue weighted by Gasteiger charge is -2.61. The lowest BCUT2D eigenvalue weighted by atomic mass is 9.43. The molecule has 1 aromatic heterocycles. The maximum Gasteiger partial charge on any atom is 0.310 e. The molecule has 2 aliphatic carbocycles. The van der Waals surface area contributed by atoms with Crippen LogP contribution in [0.3, 0.4) is 0 Å². The van der Waals surface area contributed by atoms with Gasteiger partial charge in [0.15, 0.2) is 12.1 Å². The zero-order valence-corrected chi connectivity index (χ0v) is 20.0. The highest BCUT2D eigenvalue weighted by Crippen LogP contribution is 2.65. The minimum atomic E-state index is -0.811. The van der Waals surface area contributed by atoms with Crippen molar-refractivity contribution in [3.8, 4) is 0 Å². The number of furan rings is 1. The number of carbonyl (C=O) groups is 3. The normalized spacial score (nSPS) is 39.2. The monoisotopic (exact) mass is 462 g/mol. The number of cyclic esters (lactones) is 1. The fraction of sp³-hybridized carbons (Fsp3) is 0.720. The molecule has 1 aromatic rings. The average Bonchev–Trinajstić information content (AvgIpc) is 3.29. The van der Waals surface area contributed by atoms with Crippen LogP contribution in [0.15, 0.2) is 23.0 Å². The van der Waals surface area contributed by atoms with Gasteiger partial charge in [-0.15, -0.1) is 0 Å². The minimum absolute atomic E-state index is 0.0722. The van der Waals surface area contributed by atoms with Crippen LogP contribution in [-0.4, -0.2) is 43.8 Å². The second-order valence-corrected chi connectivity index (χ2v) is 10.1. The quantitative estimate of drug-likeness (QED) is 0.464. The molecule has 33 heavy (non-hydrogen) atoms. The number of esters is 2. The Balaban J connectivity index is 1.75. The van der Waals surface area contributed by atoms with Gasteiger partial charge in [-0.2, -0.15) is 0 Å². The maximum absolute atomic E-state index is 14.0. The highest BCUT2D eigenvalue weighted by molar-refractivity contribution is 5.92. The fourth-order valence-electron chi connectivity index (χ4n) is 6.78. The summed E-state index contributed by atoms with van der Waals surface area (Å²) in [6.07, 6.45) is 3.03. The SMILES string of the molecule is CCO[C@H](C)O[C@H]1C[C@@H](C(=O)OC)[C@]2(C)CC[C@H]3C(=O)O[C@H](c4ccoc4)C[C@]3(C)[C@H]2C1=O. The Morgan fingerprint density at radius 3 is 2.67 bits per heavy atom. The Bertz CT molecular complexity index is 894. The van der Waals surface area contributed by atoms with Crippen LogP contribution in [0.25, 0.3) is 0 Å². The second-order valence-electron chi connectivity index (χ2n) is 10.1. The van der Waals surface area contributed by atoms with Crippen LogP contribution in [0.2, 0.25) is 0 Å². The first-order chi connectivity index (χ1) is 15.7. The molecular weight excluding hydrogens is 428 g/mol. The molecule has 4 rings (SSSR count). The summed E-state index contributed by atoms with van der Waals surface area (Å²) in [4.78, 5) is 40.1. The maximum atomic E-state index is 14.0. The smallest absolute Gasteiger partial charge is 0.310 e. The highest BCUT2D eigenvalue weighted by Gasteiger charge is 2.67. The van der Waals surface area contributed by atoms with E-state index in [0.717, 1.165) is 5.56 Å². The molecule has 2 saturated carbocycles. The molecule has 8 nitrogen and oxygen atoms in total. The number of carbonyl (C=O) groups excluding carboxylic acids is 3. The van der Waals surface area contributed by atoms with Crippen molar-refractivity contribution in [3.63, 3.8) is 0 Å². The molecule has 0 bridgehead atoms. The molecule has 0 spiro atoms. The molecule has 3 aliphatic rings. The van der Waals surface area contributed by atoms with Crippen molar-refractivity contribution < 1.29 is 37.7 Å². The van der Waals surface area contributed by atoms with Gasteiger partial charge in [0.25, 0.3) is 0 Å². The van der Waals surface area contributed by atoms with Gasteiger partial charge in [-0.25, -0.2) is 0 Å². The lowest BCUT2D eigenvalue weighted by Crippen LogP contribution is -2.64. The van der Waals surface area contributed by atoms with Crippen LogP contribution >= 0.6 is 0 Å². The summed E-state index contributed by atoms with van der Waals surface area (Å²) in [7, 11) is 1.37. The molecule has 8 atom stereocenters. The highest BCUT2D eigenvalue weighted by atomic mass is 16.7. The molecule has 3 fully saturated rings. The van der Waals surface area contributed by atoms with Gasteiger partial charge in [0, 0.05) is 18.1 Å². The molecule has 8 heteroatoms. The number of Topliss-reactive ketones (excluding diaryl/α,β-unsaturated/α-hetero) is 1. The van der Waals surface area contributed by atoms with Crippen molar-refractivity contribution in [2.24, 2.45) is 28.6 Å². The first kappa shape index (κ1) is 24.0. The minimum Gasteiger partial charge on any atom is -0.472 e. The zero-order chi connectivity index (χ0) is 24.0. The van der Waals surface area contributed by atoms with E-state index in [1.807, 2.05) is 20.8 Å².